The molecule has 12 heavy (non-hydrogen) atoms. The van der Waals surface area contributed by atoms with E-state index in [9.17, 15) is 0 Å². The summed E-state index contributed by atoms with van der Waals surface area (Å²) in [5, 5.41) is 7.77. The molecule has 1 unspecified atom stereocenters. The smallest absolute Gasteiger partial charge is 0.0795 e. The van der Waals surface area contributed by atoms with Crippen molar-refractivity contribution in [2.24, 2.45) is 5.73 Å². The Morgan fingerprint density at radius 2 is 1.83 bits per heavy atom. The molecule has 0 spiro atoms. The molecular weight excluding hydrogens is 197 g/mol. The first kappa shape index (κ1) is 14.2. The van der Waals surface area contributed by atoms with Gasteiger partial charge in [-0.3, -0.25) is 0 Å². The zero-order valence-electron chi connectivity index (χ0n) is 7.02. The molecule has 1 atom stereocenters. The Bertz CT molecular complexity index is 210. The van der Waals surface area contributed by atoms with Crippen LogP contribution in [0.25, 0.3) is 0 Å². The van der Waals surface area contributed by atoms with Crippen molar-refractivity contribution in [1.82, 2.24) is 10.2 Å². The SMILES string of the molecule is Cc1ccc(C(C)N)nn1.Cl.Cl. The standard InChI is InChI=1S/C7H11N3.2ClH/c1-5-3-4-7(6(2)8)10-9-5;;/h3-4,6H,8H2,1-2H3;2*1H. The minimum absolute atomic E-state index is 0. The summed E-state index contributed by atoms with van der Waals surface area (Å²) < 4.78 is 0. The minimum atomic E-state index is -0.0203. The summed E-state index contributed by atoms with van der Waals surface area (Å²) in [6.45, 7) is 3.79. The molecule has 1 heterocycles. The molecule has 1 aromatic rings. The van der Waals surface area contributed by atoms with Gasteiger partial charge in [-0.1, -0.05) is 0 Å². The van der Waals surface area contributed by atoms with Gasteiger partial charge in [-0.05, 0) is 26.0 Å². The monoisotopic (exact) mass is 209 g/mol. The fourth-order valence-corrected chi connectivity index (χ4v) is 0.652. The summed E-state index contributed by atoms with van der Waals surface area (Å²) >= 11 is 0. The molecule has 1 aromatic heterocycles. The van der Waals surface area contributed by atoms with Crippen molar-refractivity contribution in [2.75, 3.05) is 0 Å². The number of rotatable bonds is 1. The number of aromatic nitrogens is 2. The highest BCUT2D eigenvalue weighted by atomic mass is 35.5. The van der Waals surface area contributed by atoms with Crippen molar-refractivity contribution in [3.63, 3.8) is 0 Å². The normalized spacial score (nSPS) is 10.9. The molecule has 0 aliphatic rings. The van der Waals surface area contributed by atoms with Gasteiger partial charge in [-0.15, -0.1) is 24.8 Å². The lowest BCUT2D eigenvalue weighted by atomic mass is 10.2. The van der Waals surface area contributed by atoms with Gasteiger partial charge in [0.2, 0.25) is 0 Å². The van der Waals surface area contributed by atoms with Crippen LogP contribution in [0.2, 0.25) is 0 Å². The first-order chi connectivity index (χ1) is 4.70. The topological polar surface area (TPSA) is 51.8 Å². The second-order valence-electron chi connectivity index (χ2n) is 2.39. The van der Waals surface area contributed by atoms with Gasteiger partial charge >= 0.3 is 0 Å². The molecule has 0 amide bonds. The van der Waals surface area contributed by atoms with Crippen LogP contribution >= 0.6 is 24.8 Å². The van der Waals surface area contributed by atoms with Crippen LogP contribution in [0.3, 0.4) is 0 Å². The molecule has 70 valence electrons. The lowest BCUT2D eigenvalue weighted by molar-refractivity contribution is 0.746. The number of hydrogen-bond acceptors (Lipinski definition) is 3. The Balaban J connectivity index is 0. The van der Waals surface area contributed by atoms with E-state index in [4.69, 9.17) is 5.73 Å². The van der Waals surface area contributed by atoms with Crippen LogP contribution in [0, 0.1) is 6.92 Å². The second-order valence-corrected chi connectivity index (χ2v) is 2.39. The molecule has 0 aliphatic carbocycles. The fourth-order valence-electron chi connectivity index (χ4n) is 0.652. The van der Waals surface area contributed by atoms with Gasteiger partial charge in [0, 0.05) is 6.04 Å². The Labute approximate surface area is 84.6 Å². The van der Waals surface area contributed by atoms with E-state index >= 15 is 0 Å². The first-order valence-corrected chi connectivity index (χ1v) is 3.26. The third-order valence-electron chi connectivity index (χ3n) is 1.29. The van der Waals surface area contributed by atoms with Crippen LogP contribution in [-0.2, 0) is 0 Å². The van der Waals surface area contributed by atoms with Crippen molar-refractivity contribution in [1.29, 1.82) is 0 Å². The van der Waals surface area contributed by atoms with E-state index in [1.807, 2.05) is 26.0 Å². The molecule has 0 bridgehead atoms. The molecule has 0 radical (unpaired) electrons. The van der Waals surface area contributed by atoms with Crippen molar-refractivity contribution in [3.05, 3.63) is 23.5 Å². The second kappa shape index (κ2) is 6.17. The number of nitrogens with two attached hydrogens (primary N) is 1. The van der Waals surface area contributed by atoms with E-state index in [-0.39, 0.29) is 30.9 Å². The van der Waals surface area contributed by atoms with Crippen LogP contribution in [0.5, 0.6) is 0 Å². The van der Waals surface area contributed by atoms with Gasteiger partial charge in [0.1, 0.15) is 0 Å². The molecule has 0 saturated carbocycles. The van der Waals surface area contributed by atoms with Crippen LogP contribution in [0.4, 0.5) is 0 Å². The van der Waals surface area contributed by atoms with Crippen LogP contribution in [0.15, 0.2) is 12.1 Å². The highest BCUT2D eigenvalue weighted by Crippen LogP contribution is 2.03. The highest BCUT2D eigenvalue weighted by Gasteiger charge is 1.98. The van der Waals surface area contributed by atoms with E-state index in [2.05, 4.69) is 10.2 Å². The lowest BCUT2D eigenvalue weighted by Gasteiger charge is -2.01. The maximum absolute atomic E-state index is 5.56. The molecule has 1 rings (SSSR count). The van der Waals surface area contributed by atoms with Gasteiger partial charge < -0.3 is 5.73 Å². The summed E-state index contributed by atoms with van der Waals surface area (Å²) in [6, 6.07) is 3.78. The number of hydrogen-bond donors (Lipinski definition) is 1. The fraction of sp³-hybridized carbons (Fsp3) is 0.429. The predicted molar refractivity (Wildman–Crippen MR) is 53.9 cm³/mol. The molecule has 5 heteroatoms. The lowest BCUT2D eigenvalue weighted by Crippen LogP contribution is -2.08. The molecular formula is C7H13Cl2N3. The van der Waals surface area contributed by atoms with Gasteiger partial charge in [0.05, 0.1) is 11.4 Å². The molecule has 0 aromatic carbocycles. The van der Waals surface area contributed by atoms with E-state index in [0.717, 1.165) is 11.4 Å². The Morgan fingerprint density at radius 1 is 1.25 bits per heavy atom. The highest BCUT2D eigenvalue weighted by molar-refractivity contribution is 5.85. The summed E-state index contributed by atoms with van der Waals surface area (Å²) in [5.41, 5.74) is 7.32. The third-order valence-corrected chi connectivity index (χ3v) is 1.29. The van der Waals surface area contributed by atoms with E-state index in [1.54, 1.807) is 0 Å². The summed E-state index contributed by atoms with van der Waals surface area (Å²) in [5.74, 6) is 0. The average Bonchev–Trinajstić information content (AvgIpc) is 1.88. The molecule has 0 aliphatic heterocycles. The maximum Gasteiger partial charge on any atom is 0.0795 e. The van der Waals surface area contributed by atoms with Crippen molar-refractivity contribution < 1.29 is 0 Å². The zero-order chi connectivity index (χ0) is 7.56. The largest absolute Gasteiger partial charge is 0.323 e. The average molecular weight is 210 g/mol. The minimum Gasteiger partial charge on any atom is -0.323 e. The molecule has 0 fully saturated rings. The summed E-state index contributed by atoms with van der Waals surface area (Å²) in [4.78, 5) is 0. The zero-order valence-corrected chi connectivity index (χ0v) is 8.65. The van der Waals surface area contributed by atoms with Gasteiger partial charge in [-0.2, -0.15) is 10.2 Å². The van der Waals surface area contributed by atoms with E-state index in [1.165, 1.54) is 0 Å². The van der Waals surface area contributed by atoms with Gasteiger partial charge in [0.25, 0.3) is 0 Å². The summed E-state index contributed by atoms with van der Waals surface area (Å²) in [6.07, 6.45) is 0. The Kier molecular flexibility index (Phi) is 7.28. The van der Waals surface area contributed by atoms with Crippen LogP contribution in [-0.4, -0.2) is 10.2 Å². The van der Waals surface area contributed by atoms with Crippen molar-refractivity contribution in [2.45, 2.75) is 19.9 Å². The molecule has 3 nitrogen and oxygen atoms in total. The van der Waals surface area contributed by atoms with Gasteiger partial charge in [0.15, 0.2) is 0 Å². The summed E-state index contributed by atoms with van der Waals surface area (Å²) in [7, 11) is 0. The van der Waals surface area contributed by atoms with E-state index < -0.39 is 0 Å². The first-order valence-electron chi connectivity index (χ1n) is 3.26. The Hall–Kier alpha value is -0.380. The van der Waals surface area contributed by atoms with E-state index in [0.29, 0.717) is 0 Å². The molecule has 0 saturated heterocycles. The Morgan fingerprint density at radius 3 is 2.17 bits per heavy atom. The van der Waals surface area contributed by atoms with Crippen LogP contribution in [0.1, 0.15) is 24.4 Å². The number of halogens is 2. The quantitative estimate of drug-likeness (QED) is 0.766. The number of nitrogens with zero attached hydrogens (tertiary/aromatic N) is 2. The van der Waals surface area contributed by atoms with Crippen molar-refractivity contribution in [3.8, 4) is 0 Å². The molecule has 2 N–H and O–H groups in total. The third kappa shape index (κ3) is 3.85. The number of aryl methyl sites for hydroxylation is 1. The maximum atomic E-state index is 5.56. The van der Waals surface area contributed by atoms with Gasteiger partial charge in [-0.25, -0.2) is 0 Å². The van der Waals surface area contributed by atoms with Crippen LogP contribution < -0.4 is 5.73 Å². The van der Waals surface area contributed by atoms with Crippen molar-refractivity contribution >= 4 is 24.8 Å². The predicted octanol–water partition coefficient (Wildman–Crippen LogP) is 1.65.